The topological polar surface area (TPSA) is 30.4 Å². The molecule has 0 radical (unpaired) electrons. The van der Waals surface area contributed by atoms with Crippen LogP contribution in [-0.4, -0.2) is 9.61 Å². The van der Waals surface area contributed by atoms with Crippen LogP contribution in [-0.2, 0) is 0 Å². The van der Waals surface area contributed by atoms with Crippen molar-refractivity contribution in [1.82, 2.24) is 9.61 Å². The van der Waals surface area contributed by atoms with Crippen LogP contribution in [0.2, 0.25) is 5.02 Å². The minimum absolute atomic E-state index is 0.693. The normalized spacial score (nSPS) is 10.2. The Labute approximate surface area is 111 Å². The van der Waals surface area contributed by atoms with Crippen LogP contribution in [0.4, 0.5) is 0 Å². The highest BCUT2D eigenvalue weighted by atomic mass is 35.5. The van der Waals surface area contributed by atoms with Gasteiger partial charge in [-0.2, -0.15) is 9.61 Å². The van der Waals surface area contributed by atoms with Crippen molar-refractivity contribution in [2.24, 2.45) is 0 Å². The third-order valence-corrected chi connectivity index (χ3v) is 2.89. The van der Waals surface area contributed by atoms with Crippen molar-refractivity contribution >= 4 is 17.3 Å². The molecule has 0 fully saturated rings. The Morgan fingerprint density at radius 1 is 1.22 bits per heavy atom. The Morgan fingerprint density at radius 2 is 1.94 bits per heavy atom. The molecule has 0 saturated heterocycles. The van der Waals surface area contributed by atoms with E-state index in [2.05, 4.69) is 5.10 Å². The van der Waals surface area contributed by atoms with Crippen LogP contribution < -0.4 is 0 Å². The van der Waals surface area contributed by atoms with E-state index in [1.807, 2.05) is 45.0 Å². The van der Waals surface area contributed by atoms with E-state index in [4.69, 9.17) is 16.0 Å². The summed E-state index contributed by atoms with van der Waals surface area (Å²) in [6, 6.07) is 7.64. The Hall–Kier alpha value is -1.74. The molecule has 0 spiro atoms. The van der Waals surface area contributed by atoms with E-state index in [9.17, 15) is 0 Å². The predicted octanol–water partition coefficient (Wildman–Crippen LogP) is 4.58. The molecule has 0 saturated carbocycles. The first-order valence-corrected chi connectivity index (χ1v) is 6.32. The Morgan fingerprint density at radius 3 is 2.67 bits per heavy atom. The van der Waals surface area contributed by atoms with Crippen LogP contribution in [0, 0.1) is 6.92 Å². The first-order valence-electron chi connectivity index (χ1n) is 5.94. The van der Waals surface area contributed by atoms with Crippen LogP contribution in [0.15, 0.2) is 41.1 Å². The number of fused-ring (bicyclic) bond motifs is 1. The molecular weight excluding hydrogens is 248 g/mol. The maximum atomic E-state index is 6.14. The summed E-state index contributed by atoms with van der Waals surface area (Å²) in [5.41, 5.74) is 3.56. The molecule has 0 N–H and O–H groups in total. The van der Waals surface area contributed by atoms with Gasteiger partial charge in [0.2, 0.25) is 5.71 Å². The molecule has 0 aliphatic carbocycles. The molecule has 0 bridgehead atoms. The molecule has 0 aliphatic rings. The summed E-state index contributed by atoms with van der Waals surface area (Å²) in [7, 11) is 0. The smallest absolute Gasteiger partial charge is 0.224 e. The summed E-state index contributed by atoms with van der Waals surface area (Å²) in [5.74, 6) is 0. The Balaban J connectivity index is 0.000000574. The molecule has 1 aromatic carbocycles. The second kappa shape index (κ2) is 5.27. The molecule has 0 unspecified atom stereocenters. The fourth-order valence-electron chi connectivity index (χ4n) is 1.74. The summed E-state index contributed by atoms with van der Waals surface area (Å²) in [6.45, 7) is 5.96. The number of hydrogen-bond donors (Lipinski definition) is 0. The van der Waals surface area contributed by atoms with E-state index >= 15 is 0 Å². The lowest BCUT2D eigenvalue weighted by atomic mass is 10.2. The largest absolute Gasteiger partial charge is 0.444 e. The van der Waals surface area contributed by atoms with E-state index in [1.165, 1.54) is 0 Å². The van der Waals surface area contributed by atoms with E-state index in [0.29, 0.717) is 5.02 Å². The first-order chi connectivity index (χ1) is 8.77. The summed E-state index contributed by atoms with van der Waals surface area (Å²) < 4.78 is 7.23. The molecule has 0 amide bonds. The molecule has 0 aliphatic heterocycles. The molecular formula is C14H15ClN2O. The fraction of sp³-hybridized carbons (Fsp3) is 0.214. The lowest BCUT2D eigenvalue weighted by Gasteiger charge is -1.99. The highest BCUT2D eigenvalue weighted by Gasteiger charge is 2.12. The minimum Gasteiger partial charge on any atom is -0.444 e. The van der Waals surface area contributed by atoms with E-state index < -0.39 is 0 Å². The molecule has 94 valence electrons. The number of halogens is 1. The Kier molecular flexibility index (Phi) is 3.72. The molecule has 2 heterocycles. The van der Waals surface area contributed by atoms with Gasteiger partial charge in [0.1, 0.15) is 12.0 Å². The quantitative estimate of drug-likeness (QED) is 0.642. The molecule has 3 rings (SSSR count). The van der Waals surface area contributed by atoms with Gasteiger partial charge >= 0.3 is 0 Å². The number of benzene rings is 1. The lowest BCUT2D eigenvalue weighted by Crippen LogP contribution is -1.87. The van der Waals surface area contributed by atoms with Gasteiger partial charge in [0.25, 0.3) is 0 Å². The second-order valence-electron chi connectivity index (χ2n) is 3.65. The Bertz CT molecular complexity index is 655. The van der Waals surface area contributed by atoms with Crippen molar-refractivity contribution in [2.75, 3.05) is 0 Å². The first kappa shape index (κ1) is 12.7. The van der Waals surface area contributed by atoms with Crippen LogP contribution in [0.1, 0.15) is 19.4 Å². The molecule has 0 atom stereocenters. The van der Waals surface area contributed by atoms with Crippen LogP contribution in [0.25, 0.3) is 17.0 Å². The lowest BCUT2D eigenvalue weighted by molar-refractivity contribution is 0.604. The van der Waals surface area contributed by atoms with Crippen molar-refractivity contribution < 1.29 is 4.42 Å². The zero-order chi connectivity index (χ0) is 13.1. The predicted molar refractivity (Wildman–Crippen MR) is 74.0 cm³/mol. The third kappa shape index (κ3) is 2.02. The standard InChI is InChI=1S/C12H9ClN2O.C2H6/c1-8-6-14-15-11(7-16-12(8)15)9-4-2-3-5-10(9)13;1-2/h2-7H,1H3;1-2H3. The summed E-state index contributed by atoms with van der Waals surface area (Å²) in [4.78, 5) is 0. The number of aromatic nitrogens is 2. The average molecular weight is 263 g/mol. The van der Waals surface area contributed by atoms with Gasteiger partial charge in [-0.1, -0.05) is 43.6 Å². The van der Waals surface area contributed by atoms with E-state index in [1.54, 1.807) is 17.0 Å². The van der Waals surface area contributed by atoms with Gasteiger partial charge in [-0.3, -0.25) is 0 Å². The number of aryl methyl sites for hydroxylation is 1. The molecule has 3 aromatic rings. The van der Waals surface area contributed by atoms with E-state index in [-0.39, 0.29) is 0 Å². The van der Waals surface area contributed by atoms with Crippen LogP contribution in [0.3, 0.4) is 0 Å². The average Bonchev–Trinajstić information content (AvgIpc) is 2.97. The highest BCUT2D eigenvalue weighted by Crippen LogP contribution is 2.29. The molecule has 2 aromatic heterocycles. The maximum Gasteiger partial charge on any atom is 0.224 e. The van der Waals surface area contributed by atoms with Crippen molar-refractivity contribution in [1.29, 1.82) is 0 Å². The van der Waals surface area contributed by atoms with Gasteiger partial charge in [0, 0.05) is 11.1 Å². The molecule has 3 nitrogen and oxygen atoms in total. The van der Waals surface area contributed by atoms with Gasteiger partial charge in [-0.15, -0.1) is 0 Å². The summed E-state index contributed by atoms with van der Waals surface area (Å²) in [6.07, 6.45) is 3.45. The van der Waals surface area contributed by atoms with Crippen molar-refractivity contribution in [3.63, 3.8) is 0 Å². The maximum absolute atomic E-state index is 6.14. The van der Waals surface area contributed by atoms with Crippen LogP contribution in [0.5, 0.6) is 0 Å². The summed E-state index contributed by atoms with van der Waals surface area (Å²) in [5, 5.41) is 4.95. The van der Waals surface area contributed by atoms with Gasteiger partial charge in [0.05, 0.1) is 11.2 Å². The molecule has 18 heavy (non-hydrogen) atoms. The zero-order valence-corrected chi connectivity index (χ0v) is 11.4. The van der Waals surface area contributed by atoms with Crippen molar-refractivity contribution in [3.05, 3.63) is 47.3 Å². The highest BCUT2D eigenvalue weighted by molar-refractivity contribution is 6.33. The van der Waals surface area contributed by atoms with Crippen molar-refractivity contribution in [2.45, 2.75) is 20.8 Å². The minimum atomic E-state index is 0.693. The van der Waals surface area contributed by atoms with Gasteiger partial charge in [-0.25, -0.2) is 0 Å². The number of hydrogen-bond acceptors (Lipinski definition) is 2. The monoisotopic (exact) mass is 262 g/mol. The van der Waals surface area contributed by atoms with Crippen molar-refractivity contribution in [3.8, 4) is 11.3 Å². The number of oxazole rings is 1. The van der Waals surface area contributed by atoms with E-state index in [0.717, 1.165) is 22.5 Å². The zero-order valence-electron chi connectivity index (χ0n) is 10.6. The third-order valence-electron chi connectivity index (χ3n) is 2.56. The van der Waals surface area contributed by atoms with Crippen LogP contribution >= 0.6 is 11.6 Å². The van der Waals surface area contributed by atoms with Gasteiger partial charge < -0.3 is 4.42 Å². The number of nitrogens with zero attached hydrogens (tertiary/aromatic N) is 2. The van der Waals surface area contributed by atoms with Gasteiger partial charge in [-0.05, 0) is 13.0 Å². The molecule has 4 heteroatoms. The fourth-order valence-corrected chi connectivity index (χ4v) is 1.97. The summed E-state index contributed by atoms with van der Waals surface area (Å²) >= 11 is 6.14. The second-order valence-corrected chi connectivity index (χ2v) is 4.05. The SMILES string of the molecule is CC.Cc1cnn2c(-c3ccccc3Cl)coc12. The van der Waals surface area contributed by atoms with Gasteiger partial charge in [0.15, 0.2) is 0 Å². The number of rotatable bonds is 1.